The number of carbonyl (C=O) groups excluding carboxylic acids is 2. The molecular formula is C20H14O4. The lowest BCUT2D eigenvalue weighted by Gasteiger charge is -1.98. The molecule has 0 fully saturated rings. The average molecular weight is 318 g/mol. The fourth-order valence-corrected chi connectivity index (χ4v) is 2.08. The van der Waals surface area contributed by atoms with Crippen LogP contribution in [0.1, 0.15) is 32.2 Å². The summed E-state index contributed by atoms with van der Waals surface area (Å²) in [5, 5.41) is 0. The molecule has 0 radical (unpaired) electrons. The first-order chi connectivity index (χ1) is 11.7. The second-order valence-corrected chi connectivity index (χ2v) is 5.00. The third-order valence-corrected chi connectivity index (χ3v) is 3.34. The van der Waals surface area contributed by atoms with Crippen molar-refractivity contribution in [1.82, 2.24) is 0 Å². The fourth-order valence-electron chi connectivity index (χ4n) is 2.08. The lowest BCUT2D eigenvalue weighted by atomic mass is 10.0. The SMILES string of the molecule is O=C(C=Cc1ccco1)c1ccc(C(=O)C=Cc2ccco2)cc1. The van der Waals surface area contributed by atoms with Crippen molar-refractivity contribution in [2.45, 2.75) is 0 Å². The normalized spacial score (nSPS) is 11.3. The summed E-state index contributed by atoms with van der Waals surface area (Å²) in [6.45, 7) is 0. The van der Waals surface area contributed by atoms with Gasteiger partial charge in [-0.15, -0.1) is 0 Å². The molecule has 4 nitrogen and oxygen atoms in total. The van der Waals surface area contributed by atoms with Gasteiger partial charge in [0.1, 0.15) is 11.5 Å². The number of furan rings is 2. The number of allylic oxidation sites excluding steroid dienone is 2. The van der Waals surface area contributed by atoms with Gasteiger partial charge in [-0.2, -0.15) is 0 Å². The van der Waals surface area contributed by atoms with Crippen LogP contribution >= 0.6 is 0 Å². The van der Waals surface area contributed by atoms with Crippen LogP contribution < -0.4 is 0 Å². The van der Waals surface area contributed by atoms with Crippen LogP contribution in [0.4, 0.5) is 0 Å². The predicted molar refractivity (Wildman–Crippen MR) is 90.6 cm³/mol. The highest BCUT2D eigenvalue weighted by atomic mass is 16.3. The molecule has 0 bridgehead atoms. The average Bonchev–Trinajstić information content (AvgIpc) is 3.31. The quantitative estimate of drug-likeness (QED) is 0.489. The highest BCUT2D eigenvalue weighted by molar-refractivity contribution is 6.09. The van der Waals surface area contributed by atoms with E-state index >= 15 is 0 Å². The van der Waals surface area contributed by atoms with Crippen LogP contribution in [0.2, 0.25) is 0 Å². The summed E-state index contributed by atoms with van der Waals surface area (Å²) in [5.41, 5.74) is 1.01. The molecule has 2 heterocycles. The number of benzene rings is 1. The van der Waals surface area contributed by atoms with Gasteiger partial charge in [0.15, 0.2) is 11.6 Å². The Morgan fingerprint density at radius 2 is 1.08 bits per heavy atom. The predicted octanol–water partition coefficient (Wildman–Crippen LogP) is 4.66. The van der Waals surface area contributed by atoms with Crippen LogP contribution in [0, 0.1) is 0 Å². The van der Waals surface area contributed by atoms with Gasteiger partial charge in [0.05, 0.1) is 12.5 Å². The van der Waals surface area contributed by atoms with Gasteiger partial charge in [-0.1, -0.05) is 24.3 Å². The van der Waals surface area contributed by atoms with E-state index in [1.807, 2.05) is 0 Å². The molecule has 3 aromatic rings. The number of rotatable bonds is 6. The van der Waals surface area contributed by atoms with E-state index in [4.69, 9.17) is 8.83 Å². The van der Waals surface area contributed by atoms with E-state index in [0.717, 1.165) is 0 Å². The van der Waals surface area contributed by atoms with Crippen molar-refractivity contribution < 1.29 is 18.4 Å². The first-order valence-electron chi connectivity index (χ1n) is 7.34. The third kappa shape index (κ3) is 3.87. The van der Waals surface area contributed by atoms with E-state index < -0.39 is 0 Å². The molecule has 0 unspecified atom stereocenters. The maximum absolute atomic E-state index is 12.1. The summed E-state index contributed by atoms with van der Waals surface area (Å²) in [5.74, 6) is 0.907. The van der Waals surface area contributed by atoms with Crippen molar-refractivity contribution in [2.24, 2.45) is 0 Å². The summed E-state index contributed by atoms with van der Waals surface area (Å²) in [4.78, 5) is 24.1. The third-order valence-electron chi connectivity index (χ3n) is 3.34. The summed E-state index contributed by atoms with van der Waals surface area (Å²) in [6.07, 6.45) is 9.17. The topological polar surface area (TPSA) is 60.4 Å². The molecule has 0 atom stereocenters. The summed E-state index contributed by atoms with van der Waals surface area (Å²) >= 11 is 0. The summed E-state index contributed by atoms with van der Waals surface area (Å²) in [6, 6.07) is 13.5. The first kappa shape index (κ1) is 15.5. The van der Waals surface area contributed by atoms with Gasteiger partial charge in [0, 0.05) is 11.1 Å². The molecule has 0 saturated heterocycles. The number of hydrogen-bond acceptors (Lipinski definition) is 4. The Bertz CT molecular complexity index is 789. The molecule has 0 aliphatic rings. The molecule has 4 heteroatoms. The minimum atomic E-state index is -0.156. The van der Waals surface area contributed by atoms with E-state index in [0.29, 0.717) is 22.6 Å². The molecule has 2 aromatic heterocycles. The van der Waals surface area contributed by atoms with E-state index in [2.05, 4.69) is 0 Å². The minimum absolute atomic E-state index is 0.156. The molecule has 3 rings (SSSR count). The first-order valence-corrected chi connectivity index (χ1v) is 7.34. The second-order valence-electron chi connectivity index (χ2n) is 5.00. The molecule has 0 amide bonds. The van der Waals surface area contributed by atoms with Crippen LogP contribution in [0.15, 0.2) is 82.0 Å². The van der Waals surface area contributed by atoms with E-state index in [-0.39, 0.29) is 11.6 Å². The Labute approximate surface area is 138 Å². The van der Waals surface area contributed by atoms with Gasteiger partial charge in [0.2, 0.25) is 0 Å². The molecular weight excluding hydrogens is 304 g/mol. The van der Waals surface area contributed by atoms with Crippen LogP contribution in [0.5, 0.6) is 0 Å². The molecule has 118 valence electrons. The Morgan fingerprint density at radius 1 is 0.667 bits per heavy atom. The molecule has 0 aliphatic carbocycles. The Hall–Kier alpha value is -3.40. The highest BCUT2D eigenvalue weighted by Gasteiger charge is 2.05. The van der Waals surface area contributed by atoms with Crippen LogP contribution in [-0.2, 0) is 0 Å². The number of hydrogen-bond donors (Lipinski definition) is 0. The molecule has 0 saturated carbocycles. The molecule has 0 aliphatic heterocycles. The van der Waals surface area contributed by atoms with Crippen molar-refractivity contribution in [3.05, 3.63) is 95.9 Å². The zero-order valence-corrected chi connectivity index (χ0v) is 12.7. The number of ketones is 2. The zero-order chi connectivity index (χ0) is 16.8. The van der Waals surface area contributed by atoms with Crippen molar-refractivity contribution >= 4 is 23.7 Å². The van der Waals surface area contributed by atoms with E-state index in [9.17, 15) is 9.59 Å². The smallest absolute Gasteiger partial charge is 0.185 e. The number of carbonyl (C=O) groups is 2. The molecule has 0 spiro atoms. The summed E-state index contributed by atoms with van der Waals surface area (Å²) in [7, 11) is 0. The second kappa shape index (κ2) is 7.24. The Balaban J connectivity index is 1.66. The van der Waals surface area contributed by atoms with Gasteiger partial charge in [-0.25, -0.2) is 0 Å². The van der Waals surface area contributed by atoms with Gasteiger partial charge in [-0.3, -0.25) is 9.59 Å². The zero-order valence-electron chi connectivity index (χ0n) is 12.7. The molecule has 0 N–H and O–H groups in total. The van der Waals surface area contributed by atoms with Crippen molar-refractivity contribution in [1.29, 1.82) is 0 Å². The van der Waals surface area contributed by atoms with Gasteiger partial charge in [-0.05, 0) is 48.6 Å². The van der Waals surface area contributed by atoms with Crippen molar-refractivity contribution in [3.8, 4) is 0 Å². The fraction of sp³-hybridized carbons (Fsp3) is 0. The molecule has 24 heavy (non-hydrogen) atoms. The lowest BCUT2D eigenvalue weighted by molar-refractivity contribution is 0.103. The maximum atomic E-state index is 12.1. The minimum Gasteiger partial charge on any atom is -0.465 e. The Morgan fingerprint density at radius 3 is 1.42 bits per heavy atom. The standard InChI is InChI=1S/C20H14O4/c21-19(11-9-17-3-1-13-23-17)15-5-7-16(8-6-15)20(22)12-10-18-4-2-14-24-18/h1-14H. The van der Waals surface area contributed by atoms with Gasteiger partial charge < -0.3 is 8.83 Å². The maximum Gasteiger partial charge on any atom is 0.185 e. The van der Waals surface area contributed by atoms with E-state index in [1.54, 1.807) is 73.2 Å². The largest absolute Gasteiger partial charge is 0.465 e. The van der Waals surface area contributed by atoms with Gasteiger partial charge in [0.25, 0.3) is 0 Å². The van der Waals surface area contributed by atoms with Crippen LogP contribution in [0.3, 0.4) is 0 Å². The van der Waals surface area contributed by atoms with Gasteiger partial charge >= 0.3 is 0 Å². The van der Waals surface area contributed by atoms with Crippen LogP contribution in [0.25, 0.3) is 12.2 Å². The van der Waals surface area contributed by atoms with E-state index in [1.165, 1.54) is 12.2 Å². The molecule has 1 aromatic carbocycles. The summed E-state index contributed by atoms with van der Waals surface area (Å²) < 4.78 is 10.3. The van der Waals surface area contributed by atoms with Crippen molar-refractivity contribution in [3.63, 3.8) is 0 Å². The van der Waals surface area contributed by atoms with Crippen molar-refractivity contribution in [2.75, 3.05) is 0 Å². The van der Waals surface area contributed by atoms with Crippen LogP contribution in [-0.4, -0.2) is 11.6 Å². The Kier molecular flexibility index (Phi) is 4.68. The lowest BCUT2D eigenvalue weighted by Crippen LogP contribution is -1.98. The highest BCUT2D eigenvalue weighted by Crippen LogP contribution is 2.10. The monoisotopic (exact) mass is 318 g/mol.